The maximum Gasteiger partial charge on any atom is 0.249 e. The summed E-state index contributed by atoms with van der Waals surface area (Å²) >= 11 is 7.45. The number of anilines is 1. The number of nitriles is 1. The van der Waals surface area contributed by atoms with Crippen molar-refractivity contribution in [3.63, 3.8) is 0 Å². The largest absolute Gasteiger partial charge is 0.493 e. The standard InChI is InChI=1S/C27H25ClN2O3S/c1-17-3-10-21-22(15-29)27(34-25(21)13-17)30-26(31)12-7-18-6-11-23(24(14-18)32-2)33-16-19-4-8-20(28)9-5-19/h4-9,11-12,14,17H,3,10,13,16H2,1-2H3,(H,30,31)/b12-7+/t17-/m1/s1. The summed E-state index contributed by atoms with van der Waals surface area (Å²) in [7, 11) is 1.58. The number of benzene rings is 2. The molecule has 174 valence electrons. The molecule has 4 rings (SSSR count). The third-order valence-corrected chi connectivity index (χ3v) is 7.20. The van der Waals surface area contributed by atoms with Crippen LogP contribution in [0.5, 0.6) is 11.5 Å². The zero-order valence-corrected chi connectivity index (χ0v) is 20.6. The Kier molecular flexibility index (Phi) is 7.56. The average molecular weight is 493 g/mol. The van der Waals surface area contributed by atoms with E-state index in [1.165, 1.54) is 22.3 Å². The number of carbonyl (C=O) groups excluding carboxylic acids is 1. The Hall–Kier alpha value is -3.27. The van der Waals surface area contributed by atoms with Gasteiger partial charge in [0.2, 0.25) is 5.91 Å². The van der Waals surface area contributed by atoms with Crippen LogP contribution in [0, 0.1) is 17.2 Å². The SMILES string of the molecule is COc1cc(/C=C/C(=O)Nc2sc3c(c2C#N)CC[C@@H](C)C3)ccc1OCc1ccc(Cl)cc1. The van der Waals surface area contributed by atoms with Gasteiger partial charge in [0.1, 0.15) is 17.7 Å². The Labute approximate surface area is 208 Å². The fourth-order valence-corrected chi connectivity index (χ4v) is 5.42. The van der Waals surface area contributed by atoms with E-state index in [0.717, 1.165) is 36.0 Å². The molecule has 1 amide bonds. The van der Waals surface area contributed by atoms with Crippen molar-refractivity contribution in [3.05, 3.63) is 80.7 Å². The molecule has 0 bridgehead atoms. The summed E-state index contributed by atoms with van der Waals surface area (Å²) in [5, 5.41) is 13.8. The van der Waals surface area contributed by atoms with Crippen molar-refractivity contribution in [3.8, 4) is 17.6 Å². The molecule has 1 heterocycles. The van der Waals surface area contributed by atoms with Crippen LogP contribution < -0.4 is 14.8 Å². The zero-order chi connectivity index (χ0) is 24.1. The molecular weight excluding hydrogens is 468 g/mol. The highest BCUT2D eigenvalue weighted by Gasteiger charge is 2.24. The van der Waals surface area contributed by atoms with Crippen molar-refractivity contribution < 1.29 is 14.3 Å². The van der Waals surface area contributed by atoms with E-state index in [-0.39, 0.29) is 5.91 Å². The van der Waals surface area contributed by atoms with Crippen LogP contribution in [0.25, 0.3) is 6.08 Å². The number of nitrogens with one attached hydrogen (secondary N) is 1. The van der Waals surface area contributed by atoms with Crippen LogP contribution in [0.3, 0.4) is 0 Å². The first kappa shape index (κ1) is 23.9. The molecule has 0 saturated carbocycles. The molecule has 1 N–H and O–H groups in total. The molecule has 1 atom stereocenters. The Balaban J connectivity index is 1.42. The number of thiophene rings is 1. The molecule has 0 aliphatic heterocycles. The first-order valence-corrected chi connectivity index (χ1v) is 12.2. The summed E-state index contributed by atoms with van der Waals surface area (Å²) in [6, 6.07) is 15.2. The number of fused-ring (bicyclic) bond motifs is 1. The van der Waals surface area contributed by atoms with Gasteiger partial charge in [-0.2, -0.15) is 5.26 Å². The molecule has 1 aliphatic carbocycles. The van der Waals surface area contributed by atoms with Gasteiger partial charge in [-0.3, -0.25) is 4.79 Å². The van der Waals surface area contributed by atoms with E-state index in [1.54, 1.807) is 13.2 Å². The number of carbonyl (C=O) groups is 1. The summed E-state index contributed by atoms with van der Waals surface area (Å²) in [5.41, 5.74) is 3.50. The fraction of sp³-hybridized carbons (Fsp3) is 0.259. The second kappa shape index (κ2) is 10.8. The average Bonchev–Trinajstić information content (AvgIpc) is 3.18. The minimum atomic E-state index is -0.273. The predicted molar refractivity (Wildman–Crippen MR) is 137 cm³/mol. The molecule has 7 heteroatoms. The second-order valence-corrected chi connectivity index (χ2v) is 9.86. The predicted octanol–water partition coefficient (Wildman–Crippen LogP) is 6.64. The Bertz CT molecular complexity index is 1260. The first-order chi connectivity index (χ1) is 16.5. The fourth-order valence-electron chi connectivity index (χ4n) is 3.93. The van der Waals surface area contributed by atoms with Crippen molar-refractivity contribution in [2.45, 2.75) is 32.8 Å². The molecule has 2 aromatic carbocycles. The van der Waals surface area contributed by atoms with Gasteiger partial charge < -0.3 is 14.8 Å². The molecule has 1 aromatic heterocycles. The van der Waals surface area contributed by atoms with E-state index in [2.05, 4.69) is 18.3 Å². The maximum absolute atomic E-state index is 12.6. The Morgan fingerprint density at radius 2 is 2.06 bits per heavy atom. The number of methoxy groups -OCH3 is 1. The van der Waals surface area contributed by atoms with Crippen LogP contribution >= 0.6 is 22.9 Å². The van der Waals surface area contributed by atoms with Crippen molar-refractivity contribution in [2.75, 3.05) is 12.4 Å². The first-order valence-electron chi connectivity index (χ1n) is 11.1. The van der Waals surface area contributed by atoms with E-state index in [4.69, 9.17) is 21.1 Å². The van der Waals surface area contributed by atoms with Crippen LogP contribution in [0.4, 0.5) is 5.00 Å². The summed E-state index contributed by atoms with van der Waals surface area (Å²) in [5.74, 6) is 1.51. The zero-order valence-electron chi connectivity index (χ0n) is 19.1. The number of hydrogen-bond acceptors (Lipinski definition) is 5. The molecular formula is C27H25ClN2O3S. The lowest BCUT2D eigenvalue weighted by Gasteiger charge is -2.17. The highest BCUT2D eigenvalue weighted by atomic mass is 35.5. The number of hydrogen-bond donors (Lipinski definition) is 1. The number of rotatable bonds is 7. The lowest BCUT2D eigenvalue weighted by molar-refractivity contribution is -0.111. The molecule has 0 unspecified atom stereocenters. The number of ether oxygens (including phenoxy) is 2. The second-order valence-electron chi connectivity index (χ2n) is 8.32. The summed E-state index contributed by atoms with van der Waals surface area (Å²) < 4.78 is 11.4. The van der Waals surface area contributed by atoms with Crippen molar-refractivity contribution in [1.82, 2.24) is 0 Å². The van der Waals surface area contributed by atoms with E-state index in [1.807, 2.05) is 42.5 Å². The Morgan fingerprint density at radius 1 is 1.26 bits per heavy atom. The van der Waals surface area contributed by atoms with Gasteiger partial charge in [-0.1, -0.05) is 36.7 Å². The monoisotopic (exact) mass is 492 g/mol. The topological polar surface area (TPSA) is 71.3 Å². The van der Waals surface area contributed by atoms with Gasteiger partial charge in [-0.25, -0.2) is 0 Å². The van der Waals surface area contributed by atoms with Gasteiger partial charge in [-0.15, -0.1) is 11.3 Å². The molecule has 0 spiro atoms. The van der Waals surface area contributed by atoms with Gasteiger partial charge in [-0.05, 0) is 72.2 Å². The normalized spacial score (nSPS) is 14.9. The molecule has 34 heavy (non-hydrogen) atoms. The van der Waals surface area contributed by atoms with E-state index < -0.39 is 0 Å². The van der Waals surface area contributed by atoms with Crippen LogP contribution in [0.15, 0.2) is 48.5 Å². The number of amides is 1. The molecule has 1 aliphatic rings. The number of nitrogens with zero attached hydrogens (tertiary/aromatic N) is 1. The van der Waals surface area contributed by atoms with E-state index in [9.17, 15) is 10.1 Å². The molecule has 3 aromatic rings. The van der Waals surface area contributed by atoms with E-state index in [0.29, 0.717) is 39.6 Å². The van der Waals surface area contributed by atoms with Gasteiger partial charge in [0.05, 0.1) is 12.7 Å². The third kappa shape index (κ3) is 5.61. The van der Waals surface area contributed by atoms with Crippen LogP contribution in [-0.4, -0.2) is 13.0 Å². The summed E-state index contributed by atoms with van der Waals surface area (Å²) in [6.07, 6.45) is 6.11. The van der Waals surface area contributed by atoms with Crippen LogP contribution in [-0.2, 0) is 24.2 Å². The van der Waals surface area contributed by atoms with Crippen molar-refractivity contribution in [1.29, 1.82) is 5.26 Å². The highest BCUT2D eigenvalue weighted by Crippen LogP contribution is 2.39. The quantitative estimate of drug-likeness (QED) is 0.375. The molecule has 0 fully saturated rings. The minimum absolute atomic E-state index is 0.273. The number of halogens is 1. The van der Waals surface area contributed by atoms with Crippen LogP contribution in [0.2, 0.25) is 5.02 Å². The Morgan fingerprint density at radius 3 is 2.79 bits per heavy atom. The van der Waals surface area contributed by atoms with Gasteiger partial charge >= 0.3 is 0 Å². The lowest BCUT2D eigenvalue weighted by Crippen LogP contribution is -2.10. The summed E-state index contributed by atoms with van der Waals surface area (Å²) in [4.78, 5) is 13.8. The van der Waals surface area contributed by atoms with Gasteiger partial charge in [0, 0.05) is 16.0 Å². The lowest BCUT2D eigenvalue weighted by atomic mass is 9.89. The smallest absolute Gasteiger partial charge is 0.249 e. The van der Waals surface area contributed by atoms with Crippen LogP contribution in [0.1, 0.15) is 40.5 Å². The van der Waals surface area contributed by atoms with Gasteiger partial charge in [0.25, 0.3) is 0 Å². The minimum Gasteiger partial charge on any atom is -0.493 e. The van der Waals surface area contributed by atoms with Crippen molar-refractivity contribution in [2.24, 2.45) is 5.92 Å². The molecule has 0 radical (unpaired) electrons. The maximum atomic E-state index is 12.6. The summed E-state index contributed by atoms with van der Waals surface area (Å²) in [6.45, 7) is 2.61. The third-order valence-electron chi connectivity index (χ3n) is 5.78. The molecule has 5 nitrogen and oxygen atoms in total. The van der Waals surface area contributed by atoms with E-state index >= 15 is 0 Å². The molecule has 0 saturated heterocycles. The highest BCUT2D eigenvalue weighted by molar-refractivity contribution is 7.16. The van der Waals surface area contributed by atoms with Gasteiger partial charge in [0.15, 0.2) is 11.5 Å². The van der Waals surface area contributed by atoms with Crippen molar-refractivity contribution >= 4 is 39.9 Å².